The van der Waals surface area contributed by atoms with Crippen molar-refractivity contribution in [2.45, 2.75) is 11.7 Å². The van der Waals surface area contributed by atoms with Crippen LogP contribution in [0.3, 0.4) is 0 Å². The predicted octanol–water partition coefficient (Wildman–Crippen LogP) is 3.81. The lowest BCUT2D eigenvalue weighted by atomic mass is 10.1. The van der Waals surface area contributed by atoms with Crippen LogP contribution in [0, 0.1) is 10.1 Å². The van der Waals surface area contributed by atoms with Gasteiger partial charge >= 0.3 is 0 Å². The molecule has 0 bridgehead atoms. The van der Waals surface area contributed by atoms with Crippen LogP contribution in [-0.4, -0.2) is 40.5 Å². The minimum Gasteiger partial charge on any atom is -0.497 e. The summed E-state index contributed by atoms with van der Waals surface area (Å²) >= 11 is 1.10. The van der Waals surface area contributed by atoms with E-state index in [0.29, 0.717) is 17.2 Å². The molecule has 1 atom stereocenters. The number of anilines is 1. The third-order valence-electron chi connectivity index (χ3n) is 4.83. The highest BCUT2D eigenvalue weighted by molar-refractivity contribution is 8.15. The maximum Gasteiger partial charge on any atom is 0.284 e. The van der Waals surface area contributed by atoms with Crippen LogP contribution in [0.2, 0.25) is 0 Å². The predicted molar refractivity (Wildman–Crippen MR) is 132 cm³/mol. The molecular weight excluding hydrogens is 474 g/mol. The van der Waals surface area contributed by atoms with Gasteiger partial charge in [-0.25, -0.2) is 0 Å². The zero-order valence-corrected chi connectivity index (χ0v) is 19.2. The molecule has 0 spiro atoms. The van der Waals surface area contributed by atoms with Crippen LogP contribution in [0.15, 0.2) is 75.3 Å². The number of benzene rings is 2. The molecule has 4 rings (SSSR count). The largest absolute Gasteiger partial charge is 0.497 e. The van der Waals surface area contributed by atoms with E-state index in [1.54, 1.807) is 42.5 Å². The van der Waals surface area contributed by atoms with E-state index in [-0.39, 0.29) is 40.4 Å². The van der Waals surface area contributed by atoms with Gasteiger partial charge in [-0.15, -0.1) is 5.10 Å². The molecule has 1 aromatic heterocycles. The van der Waals surface area contributed by atoms with E-state index >= 15 is 0 Å². The average Bonchev–Trinajstić information content (AvgIpc) is 3.45. The number of ether oxygens (including phenoxy) is 1. The van der Waals surface area contributed by atoms with Crippen LogP contribution in [0.1, 0.15) is 12.2 Å². The van der Waals surface area contributed by atoms with Crippen molar-refractivity contribution in [2.24, 2.45) is 10.2 Å². The van der Waals surface area contributed by atoms with Crippen molar-refractivity contribution in [2.75, 3.05) is 12.4 Å². The summed E-state index contributed by atoms with van der Waals surface area (Å²) in [5, 5.41) is 24.2. The number of rotatable bonds is 8. The second-order valence-electron chi connectivity index (χ2n) is 7.21. The van der Waals surface area contributed by atoms with E-state index in [0.717, 1.165) is 11.8 Å². The van der Waals surface area contributed by atoms with Gasteiger partial charge in [-0.2, -0.15) is 5.10 Å². The number of hydrogen-bond donors (Lipinski definition) is 2. The van der Waals surface area contributed by atoms with Gasteiger partial charge in [-0.1, -0.05) is 30.0 Å². The molecule has 0 unspecified atom stereocenters. The molecule has 178 valence electrons. The van der Waals surface area contributed by atoms with Gasteiger partial charge in [0.05, 0.1) is 29.9 Å². The first-order valence-electron chi connectivity index (χ1n) is 10.3. The number of furan rings is 1. The maximum absolute atomic E-state index is 12.2. The fourth-order valence-electron chi connectivity index (χ4n) is 3.19. The molecule has 1 aliphatic heterocycles. The number of nitrogens with one attached hydrogen (secondary N) is 2. The molecule has 0 saturated carbocycles. The SMILES string of the molecule is COc1ccc(-c2ccc(/C=N\N=C3/NC(=O)[C@H](CC(=O)Nc4ccccc4)S3)o2)c([N+](=O)[O-])c1. The number of para-hydroxylation sites is 1. The standard InChI is InChI=1S/C23H19N5O6S/c1-33-15-7-9-17(18(11-15)28(31)32)19-10-8-16(34-19)13-24-27-23-26-22(30)20(35-23)12-21(29)25-14-5-3-2-4-6-14/h2-11,13,20H,12H2,1H3,(H,25,29)(H,26,27,30)/b24-13-/t20-/m0/s1. The van der Waals surface area contributed by atoms with Crippen molar-refractivity contribution in [3.8, 4) is 17.1 Å². The number of methoxy groups -OCH3 is 1. The molecule has 1 saturated heterocycles. The van der Waals surface area contributed by atoms with Crippen LogP contribution in [0.5, 0.6) is 5.75 Å². The van der Waals surface area contributed by atoms with Gasteiger partial charge < -0.3 is 19.8 Å². The molecule has 1 fully saturated rings. The Hall–Kier alpha value is -4.45. The van der Waals surface area contributed by atoms with Crippen molar-refractivity contribution in [1.82, 2.24) is 5.32 Å². The summed E-state index contributed by atoms with van der Waals surface area (Å²) in [6.07, 6.45) is 1.30. The first kappa shape index (κ1) is 23.7. The quantitative estimate of drug-likeness (QED) is 0.275. The Labute approximate surface area is 203 Å². The minimum absolute atomic E-state index is 0.0175. The molecule has 2 aromatic carbocycles. The Morgan fingerprint density at radius 1 is 1.26 bits per heavy atom. The van der Waals surface area contributed by atoms with Crippen LogP contribution < -0.4 is 15.4 Å². The molecule has 1 aliphatic rings. The van der Waals surface area contributed by atoms with E-state index in [1.165, 1.54) is 25.5 Å². The molecule has 12 heteroatoms. The Bertz CT molecular complexity index is 1320. The summed E-state index contributed by atoms with van der Waals surface area (Å²) < 4.78 is 10.7. The average molecular weight is 494 g/mol. The summed E-state index contributed by atoms with van der Waals surface area (Å²) in [6.45, 7) is 0. The number of carbonyl (C=O) groups excluding carboxylic acids is 2. The van der Waals surface area contributed by atoms with Gasteiger partial charge in [0.1, 0.15) is 22.5 Å². The number of nitro groups is 1. The summed E-state index contributed by atoms with van der Waals surface area (Å²) in [4.78, 5) is 35.3. The molecule has 35 heavy (non-hydrogen) atoms. The number of thioether (sulfide) groups is 1. The third-order valence-corrected chi connectivity index (χ3v) is 5.90. The lowest BCUT2D eigenvalue weighted by Crippen LogP contribution is -2.28. The first-order valence-corrected chi connectivity index (χ1v) is 11.2. The second kappa shape index (κ2) is 10.7. The number of amidine groups is 1. The highest BCUT2D eigenvalue weighted by Crippen LogP contribution is 2.34. The van der Waals surface area contributed by atoms with E-state index < -0.39 is 10.2 Å². The van der Waals surface area contributed by atoms with Crippen LogP contribution in [0.25, 0.3) is 11.3 Å². The summed E-state index contributed by atoms with van der Waals surface area (Å²) in [5.41, 5.74) is 0.782. The topological polar surface area (TPSA) is 148 Å². The lowest BCUT2D eigenvalue weighted by Gasteiger charge is -2.06. The first-order chi connectivity index (χ1) is 16.9. The van der Waals surface area contributed by atoms with Gasteiger partial charge in [0.15, 0.2) is 5.17 Å². The fraction of sp³-hybridized carbons (Fsp3) is 0.130. The van der Waals surface area contributed by atoms with Crippen molar-refractivity contribution in [3.05, 3.63) is 76.5 Å². The molecule has 2 heterocycles. The number of carbonyl (C=O) groups is 2. The number of nitrogens with zero attached hydrogens (tertiary/aromatic N) is 3. The van der Waals surface area contributed by atoms with Crippen LogP contribution in [-0.2, 0) is 9.59 Å². The Kier molecular flexibility index (Phi) is 7.21. The molecule has 11 nitrogen and oxygen atoms in total. The van der Waals surface area contributed by atoms with E-state index in [9.17, 15) is 19.7 Å². The number of amides is 2. The number of nitro benzene ring substituents is 1. The van der Waals surface area contributed by atoms with Crippen molar-refractivity contribution in [3.63, 3.8) is 0 Å². The Balaban J connectivity index is 1.38. The maximum atomic E-state index is 12.2. The molecule has 0 aliphatic carbocycles. The van der Waals surface area contributed by atoms with Gasteiger partial charge in [-0.3, -0.25) is 19.7 Å². The molecule has 3 aromatic rings. The monoisotopic (exact) mass is 493 g/mol. The molecule has 2 N–H and O–H groups in total. The fourth-order valence-corrected chi connectivity index (χ4v) is 4.12. The highest BCUT2D eigenvalue weighted by atomic mass is 32.2. The van der Waals surface area contributed by atoms with E-state index in [4.69, 9.17) is 9.15 Å². The van der Waals surface area contributed by atoms with Crippen LogP contribution in [0.4, 0.5) is 11.4 Å². The normalized spacial score (nSPS) is 16.4. The zero-order chi connectivity index (χ0) is 24.8. The summed E-state index contributed by atoms with van der Waals surface area (Å²) in [6, 6.07) is 16.6. The lowest BCUT2D eigenvalue weighted by molar-refractivity contribution is -0.384. The second-order valence-corrected chi connectivity index (χ2v) is 8.40. The van der Waals surface area contributed by atoms with Gasteiger partial charge in [0, 0.05) is 12.1 Å². The summed E-state index contributed by atoms with van der Waals surface area (Å²) in [7, 11) is 1.43. The van der Waals surface area contributed by atoms with Crippen molar-refractivity contribution < 1.29 is 23.7 Å². The molecular formula is C23H19N5O6S. The minimum atomic E-state index is -0.626. The van der Waals surface area contributed by atoms with E-state index in [1.807, 2.05) is 6.07 Å². The van der Waals surface area contributed by atoms with Gasteiger partial charge in [0.25, 0.3) is 5.69 Å². The highest BCUT2D eigenvalue weighted by Gasteiger charge is 2.32. The number of hydrogen-bond acceptors (Lipinski definition) is 9. The van der Waals surface area contributed by atoms with Crippen molar-refractivity contribution in [1.29, 1.82) is 0 Å². The molecule has 2 amide bonds. The van der Waals surface area contributed by atoms with Crippen LogP contribution >= 0.6 is 11.8 Å². The van der Waals surface area contributed by atoms with Crippen molar-refractivity contribution >= 4 is 46.3 Å². The zero-order valence-electron chi connectivity index (χ0n) is 18.3. The third kappa shape index (κ3) is 5.92. The van der Waals surface area contributed by atoms with Gasteiger partial charge in [-0.05, 0) is 36.4 Å². The Morgan fingerprint density at radius 2 is 2.06 bits per heavy atom. The van der Waals surface area contributed by atoms with Gasteiger partial charge in [0.2, 0.25) is 11.8 Å². The Morgan fingerprint density at radius 3 is 2.80 bits per heavy atom. The molecule has 0 radical (unpaired) electrons. The summed E-state index contributed by atoms with van der Waals surface area (Å²) in [5.74, 6) is 0.323. The van der Waals surface area contributed by atoms with E-state index in [2.05, 4.69) is 20.8 Å². The smallest absolute Gasteiger partial charge is 0.284 e.